The second-order valence-corrected chi connectivity index (χ2v) is 5.66. The fourth-order valence-corrected chi connectivity index (χ4v) is 2.52. The van der Waals surface area contributed by atoms with Crippen molar-refractivity contribution in [3.63, 3.8) is 0 Å². The third kappa shape index (κ3) is 5.38. The number of hydrogen-bond acceptors (Lipinski definition) is 3. The van der Waals surface area contributed by atoms with Gasteiger partial charge < -0.3 is 10.0 Å². The Morgan fingerprint density at radius 3 is 2.75 bits per heavy atom. The molecule has 0 aliphatic carbocycles. The van der Waals surface area contributed by atoms with Gasteiger partial charge in [-0.2, -0.15) is 11.8 Å². The maximum atomic E-state index is 13.6. The zero-order valence-electron chi connectivity index (χ0n) is 10.9. The van der Waals surface area contributed by atoms with E-state index < -0.39 is 11.8 Å². The highest BCUT2D eigenvalue weighted by Gasteiger charge is 2.14. The van der Waals surface area contributed by atoms with Gasteiger partial charge in [-0.3, -0.25) is 9.59 Å². The van der Waals surface area contributed by atoms with Gasteiger partial charge in [-0.25, -0.2) is 4.39 Å². The quantitative estimate of drug-likeness (QED) is 0.785. The Labute approximate surface area is 125 Å². The van der Waals surface area contributed by atoms with E-state index in [1.54, 1.807) is 13.1 Å². The van der Waals surface area contributed by atoms with Crippen molar-refractivity contribution in [2.24, 2.45) is 0 Å². The summed E-state index contributed by atoms with van der Waals surface area (Å²) in [6.07, 6.45) is 0.0147. The molecule has 0 saturated heterocycles. The van der Waals surface area contributed by atoms with E-state index in [-0.39, 0.29) is 35.2 Å². The second-order valence-electron chi connectivity index (χ2n) is 4.15. The van der Waals surface area contributed by atoms with Crippen LogP contribution in [0.5, 0.6) is 0 Å². The molecule has 20 heavy (non-hydrogen) atoms. The Morgan fingerprint density at radius 1 is 1.45 bits per heavy atom. The third-order valence-corrected chi connectivity index (χ3v) is 3.87. The second kappa shape index (κ2) is 8.11. The minimum atomic E-state index is -0.892. The number of halogens is 2. The molecule has 0 fully saturated rings. The third-order valence-electron chi connectivity index (χ3n) is 2.57. The molecule has 0 heterocycles. The van der Waals surface area contributed by atoms with Crippen LogP contribution in [0.3, 0.4) is 0 Å². The standard InChI is InChI=1S/C13H15ClFNO3S/c1-16(12(17)8-20-6-5-13(18)19)7-9-10(14)3-2-4-11(9)15/h2-4H,5-8H2,1H3,(H,18,19). The summed E-state index contributed by atoms with van der Waals surface area (Å²) in [6.45, 7) is 0.0871. The van der Waals surface area contributed by atoms with Crippen LogP contribution in [0.25, 0.3) is 0 Å². The van der Waals surface area contributed by atoms with Gasteiger partial charge in [0, 0.05) is 29.9 Å². The van der Waals surface area contributed by atoms with Crippen LogP contribution in [0.2, 0.25) is 5.02 Å². The minimum Gasteiger partial charge on any atom is -0.481 e. The van der Waals surface area contributed by atoms with Gasteiger partial charge in [0.1, 0.15) is 5.82 Å². The lowest BCUT2D eigenvalue weighted by Gasteiger charge is -2.18. The van der Waals surface area contributed by atoms with Crippen molar-refractivity contribution >= 4 is 35.2 Å². The number of carboxylic acid groups (broad SMARTS) is 1. The van der Waals surface area contributed by atoms with Crippen molar-refractivity contribution < 1.29 is 19.1 Å². The highest BCUT2D eigenvalue weighted by Crippen LogP contribution is 2.20. The average molecular weight is 320 g/mol. The van der Waals surface area contributed by atoms with E-state index in [0.717, 1.165) is 0 Å². The molecular weight excluding hydrogens is 305 g/mol. The zero-order valence-corrected chi connectivity index (χ0v) is 12.5. The van der Waals surface area contributed by atoms with Crippen molar-refractivity contribution in [1.29, 1.82) is 0 Å². The van der Waals surface area contributed by atoms with Gasteiger partial charge in [0.2, 0.25) is 5.91 Å². The Kier molecular flexibility index (Phi) is 6.81. The Balaban J connectivity index is 2.47. The molecule has 1 aromatic carbocycles. The van der Waals surface area contributed by atoms with Gasteiger partial charge in [0.05, 0.1) is 12.2 Å². The minimum absolute atomic E-state index is 0.0147. The van der Waals surface area contributed by atoms with Crippen molar-refractivity contribution in [3.8, 4) is 0 Å². The van der Waals surface area contributed by atoms with Crippen LogP contribution in [0.1, 0.15) is 12.0 Å². The number of carbonyl (C=O) groups excluding carboxylic acids is 1. The van der Waals surface area contributed by atoms with Crippen molar-refractivity contribution in [2.45, 2.75) is 13.0 Å². The highest BCUT2D eigenvalue weighted by molar-refractivity contribution is 7.99. The Hall–Kier alpha value is -1.27. The molecule has 1 rings (SSSR count). The van der Waals surface area contributed by atoms with E-state index in [1.165, 1.54) is 28.8 Å². The predicted octanol–water partition coefficient (Wildman–Crippen LogP) is 2.65. The van der Waals surface area contributed by atoms with Gasteiger partial charge in [-0.1, -0.05) is 17.7 Å². The molecule has 7 heteroatoms. The number of benzene rings is 1. The van der Waals surface area contributed by atoms with Crippen LogP contribution in [0.15, 0.2) is 18.2 Å². The first-order chi connectivity index (χ1) is 9.41. The molecule has 4 nitrogen and oxygen atoms in total. The molecule has 0 aliphatic heterocycles. The van der Waals surface area contributed by atoms with E-state index in [0.29, 0.717) is 5.75 Å². The molecule has 0 aromatic heterocycles. The lowest BCUT2D eigenvalue weighted by molar-refractivity contribution is -0.136. The maximum Gasteiger partial charge on any atom is 0.304 e. The molecule has 1 N–H and O–H groups in total. The number of thioether (sulfide) groups is 1. The first kappa shape index (κ1) is 16.8. The van der Waals surface area contributed by atoms with E-state index >= 15 is 0 Å². The molecule has 0 atom stereocenters. The van der Waals surface area contributed by atoms with Gasteiger partial charge in [0.25, 0.3) is 0 Å². The van der Waals surface area contributed by atoms with E-state index in [4.69, 9.17) is 16.7 Å². The van der Waals surface area contributed by atoms with Crippen LogP contribution in [-0.2, 0) is 16.1 Å². The number of hydrogen-bond donors (Lipinski definition) is 1. The number of carboxylic acids is 1. The smallest absolute Gasteiger partial charge is 0.304 e. The molecule has 0 unspecified atom stereocenters. The van der Waals surface area contributed by atoms with Crippen LogP contribution < -0.4 is 0 Å². The summed E-state index contributed by atoms with van der Waals surface area (Å²) in [6, 6.07) is 4.37. The molecular formula is C13H15ClFNO3S. The normalized spacial score (nSPS) is 10.3. The SMILES string of the molecule is CN(Cc1c(F)cccc1Cl)C(=O)CSCCC(=O)O. The number of nitrogens with zero attached hydrogens (tertiary/aromatic N) is 1. The van der Waals surface area contributed by atoms with Gasteiger partial charge in [-0.05, 0) is 12.1 Å². The summed E-state index contributed by atoms with van der Waals surface area (Å²) in [5.41, 5.74) is 0.278. The summed E-state index contributed by atoms with van der Waals surface area (Å²) in [7, 11) is 1.56. The van der Waals surface area contributed by atoms with E-state index in [1.807, 2.05) is 0 Å². The number of carbonyl (C=O) groups is 2. The first-order valence-electron chi connectivity index (χ1n) is 5.88. The number of aliphatic carboxylic acids is 1. The van der Waals surface area contributed by atoms with Crippen LogP contribution in [0.4, 0.5) is 4.39 Å². The maximum absolute atomic E-state index is 13.6. The molecule has 0 bridgehead atoms. The molecule has 1 amide bonds. The Morgan fingerprint density at radius 2 is 2.15 bits per heavy atom. The van der Waals surface area contributed by atoms with E-state index in [2.05, 4.69) is 0 Å². The average Bonchev–Trinajstić information content (AvgIpc) is 2.38. The van der Waals surface area contributed by atoms with Crippen LogP contribution in [-0.4, -0.2) is 40.4 Å². The number of rotatable bonds is 7. The predicted molar refractivity (Wildman–Crippen MR) is 77.5 cm³/mol. The summed E-state index contributed by atoms with van der Waals surface area (Å²) in [5, 5.41) is 8.76. The molecule has 0 saturated carbocycles. The molecule has 0 aliphatic rings. The van der Waals surface area contributed by atoms with Crippen LogP contribution >= 0.6 is 23.4 Å². The molecule has 110 valence electrons. The monoisotopic (exact) mass is 319 g/mol. The number of amides is 1. The van der Waals surface area contributed by atoms with Crippen molar-refractivity contribution in [3.05, 3.63) is 34.6 Å². The highest BCUT2D eigenvalue weighted by atomic mass is 35.5. The summed E-state index contributed by atoms with van der Waals surface area (Å²) in [4.78, 5) is 23.5. The summed E-state index contributed by atoms with van der Waals surface area (Å²) < 4.78 is 13.6. The Bertz CT molecular complexity index is 478. The molecule has 1 aromatic rings. The fourth-order valence-electron chi connectivity index (χ4n) is 1.44. The topological polar surface area (TPSA) is 57.6 Å². The largest absolute Gasteiger partial charge is 0.481 e. The van der Waals surface area contributed by atoms with Gasteiger partial charge in [-0.15, -0.1) is 0 Å². The molecule has 0 radical (unpaired) electrons. The van der Waals surface area contributed by atoms with Crippen molar-refractivity contribution in [1.82, 2.24) is 4.90 Å². The van der Waals surface area contributed by atoms with Gasteiger partial charge in [0.15, 0.2) is 0 Å². The lowest BCUT2D eigenvalue weighted by Crippen LogP contribution is -2.28. The van der Waals surface area contributed by atoms with Gasteiger partial charge >= 0.3 is 5.97 Å². The first-order valence-corrected chi connectivity index (χ1v) is 7.41. The zero-order chi connectivity index (χ0) is 15.1. The van der Waals surface area contributed by atoms with E-state index in [9.17, 15) is 14.0 Å². The lowest BCUT2D eigenvalue weighted by atomic mass is 10.2. The molecule has 0 spiro atoms. The summed E-state index contributed by atoms with van der Waals surface area (Å²) >= 11 is 7.13. The van der Waals surface area contributed by atoms with Crippen molar-refractivity contribution in [2.75, 3.05) is 18.6 Å². The fraction of sp³-hybridized carbons (Fsp3) is 0.385. The summed E-state index contributed by atoms with van der Waals surface area (Å²) in [5.74, 6) is -1.00. The van der Waals surface area contributed by atoms with Crippen LogP contribution in [0, 0.1) is 5.82 Å².